The highest BCUT2D eigenvalue weighted by Gasteiger charge is 2.30. The fourth-order valence-corrected chi connectivity index (χ4v) is 4.59. The maximum atomic E-state index is 13.9. The lowest BCUT2D eigenvalue weighted by atomic mass is 10.1. The van der Waals surface area contributed by atoms with Crippen LogP contribution in [0.1, 0.15) is 59.9 Å². The van der Waals surface area contributed by atoms with Gasteiger partial charge in [0, 0.05) is 36.6 Å². The zero-order valence-electron chi connectivity index (χ0n) is 20.8. The van der Waals surface area contributed by atoms with Crippen molar-refractivity contribution in [3.8, 4) is 5.88 Å². The van der Waals surface area contributed by atoms with Gasteiger partial charge in [-0.15, -0.1) is 0 Å². The second-order valence-electron chi connectivity index (χ2n) is 8.98. The summed E-state index contributed by atoms with van der Waals surface area (Å²) in [6.07, 6.45) is 3.14. The lowest BCUT2D eigenvalue weighted by Gasteiger charge is -2.22. The minimum atomic E-state index is -1.11. The monoisotopic (exact) mass is 530 g/mol. The molecule has 10 heteroatoms. The van der Waals surface area contributed by atoms with E-state index < -0.39 is 23.6 Å². The first-order chi connectivity index (χ1) is 17.8. The smallest absolute Gasteiger partial charge is 0.389 e. The van der Waals surface area contributed by atoms with Crippen molar-refractivity contribution in [3.05, 3.63) is 75.6 Å². The van der Waals surface area contributed by atoms with E-state index in [1.807, 2.05) is 26.0 Å². The molecule has 1 aromatic heterocycles. The van der Waals surface area contributed by atoms with Crippen molar-refractivity contribution < 1.29 is 23.1 Å². The van der Waals surface area contributed by atoms with Crippen LogP contribution in [0.3, 0.4) is 0 Å². The minimum Gasteiger partial charge on any atom is -0.389 e. The van der Waals surface area contributed by atoms with E-state index in [2.05, 4.69) is 10.3 Å². The average Bonchev–Trinajstić information content (AvgIpc) is 3.23. The highest BCUT2D eigenvalue weighted by molar-refractivity contribution is 6.31. The Labute approximate surface area is 219 Å². The summed E-state index contributed by atoms with van der Waals surface area (Å²) in [6, 6.07) is 8.49. The number of nitrogens with zero attached hydrogens (tertiary/aromatic N) is 3. The van der Waals surface area contributed by atoms with Gasteiger partial charge in [0.05, 0.1) is 0 Å². The molecule has 3 aromatic rings. The van der Waals surface area contributed by atoms with Gasteiger partial charge in [0.15, 0.2) is 17.5 Å². The van der Waals surface area contributed by atoms with Gasteiger partial charge in [-0.05, 0) is 61.6 Å². The lowest BCUT2D eigenvalue weighted by molar-refractivity contribution is 0.0984. The van der Waals surface area contributed by atoms with Gasteiger partial charge < -0.3 is 10.1 Å². The molecule has 2 heterocycles. The molecule has 37 heavy (non-hydrogen) atoms. The highest BCUT2D eigenvalue weighted by atomic mass is 35.5. The van der Waals surface area contributed by atoms with E-state index in [1.165, 1.54) is 11.0 Å². The third kappa shape index (κ3) is 5.93. The molecular weight excluding hydrogens is 502 g/mol. The van der Waals surface area contributed by atoms with Gasteiger partial charge in [0.25, 0.3) is 5.91 Å². The van der Waals surface area contributed by atoms with Gasteiger partial charge in [0.1, 0.15) is 5.82 Å². The summed E-state index contributed by atoms with van der Waals surface area (Å²) in [5.74, 6) is -1.68. The van der Waals surface area contributed by atoms with Crippen molar-refractivity contribution in [2.45, 2.75) is 59.0 Å². The second-order valence-corrected chi connectivity index (χ2v) is 9.39. The Hall–Kier alpha value is -3.46. The SMILES string of the molecule is CCCCN(C(=O)c1ccc(F)c(F)c1)c1nc2n(c1OC(=O)NCc1c(C)cccc1Cl)CCCC2. The van der Waals surface area contributed by atoms with Crippen molar-refractivity contribution >= 4 is 29.4 Å². The fourth-order valence-electron chi connectivity index (χ4n) is 4.30. The quantitative estimate of drug-likeness (QED) is 0.376. The lowest BCUT2D eigenvalue weighted by Crippen LogP contribution is -2.34. The molecule has 2 amide bonds. The van der Waals surface area contributed by atoms with Gasteiger partial charge in [0.2, 0.25) is 5.88 Å². The van der Waals surface area contributed by atoms with Crippen molar-refractivity contribution in [1.82, 2.24) is 14.9 Å². The minimum absolute atomic E-state index is 0.0226. The summed E-state index contributed by atoms with van der Waals surface area (Å²) in [7, 11) is 0. The molecular formula is C27H29ClF2N4O3. The van der Waals surface area contributed by atoms with E-state index in [-0.39, 0.29) is 30.4 Å². The van der Waals surface area contributed by atoms with Crippen molar-refractivity contribution in [2.24, 2.45) is 0 Å². The van der Waals surface area contributed by atoms with Crippen LogP contribution in [0.25, 0.3) is 0 Å². The molecule has 1 N–H and O–H groups in total. The van der Waals surface area contributed by atoms with Gasteiger partial charge in [-0.3, -0.25) is 14.3 Å². The average molecular weight is 531 g/mol. The van der Waals surface area contributed by atoms with Crippen molar-refractivity contribution in [2.75, 3.05) is 11.4 Å². The number of halogens is 3. The van der Waals surface area contributed by atoms with Crippen LogP contribution in [-0.4, -0.2) is 28.1 Å². The van der Waals surface area contributed by atoms with Crippen molar-refractivity contribution in [1.29, 1.82) is 0 Å². The van der Waals surface area contributed by atoms with Crippen molar-refractivity contribution in [3.63, 3.8) is 0 Å². The summed E-state index contributed by atoms with van der Waals surface area (Å²) in [4.78, 5) is 32.4. The van der Waals surface area contributed by atoms with E-state index in [4.69, 9.17) is 16.3 Å². The summed E-state index contributed by atoms with van der Waals surface area (Å²) >= 11 is 6.28. The molecule has 0 spiro atoms. The van der Waals surface area contributed by atoms with Crippen LogP contribution < -0.4 is 15.0 Å². The predicted octanol–water partition coefficient (Wildman–Crippen LogP) is 6.19. The predicted molar refractivity (Wildman–Crippen MR) is 137 cm³/mol. The number of unbranched alkanes of at least 4 members (excludes halogenated alkanes) is 1. The number of ether oxygens (including phenoxy) is 1. The second kappa shape index (κ2) is 11.7. The Morgan fingerprint density at radius 3 is 2.73 bits per heavy atom. The maximum Gasteiger partial charge on any atom is 0.414 e. The largest absolute Gasteiger partial charge is 0.414 e. The Kier molecular flexibility index (Phi) is 8.43. The molecule has 0 radical (unpaired) electrons. The Bertz CT molecular complexity index is 1290. The molecule has 196 valence electrons. The number of nitrogens with one attached hydrogen (secondary N) is 1. The molecule has 0 bridgehead atoms. The summed E-state index contributed by atoms with van der Waals surface area (Å²) in [5.41, 5.74) is 1.68. The van der Waals surface area contributed by atoms with E-state index in [1.54, 1.807) is 10.6 Å². The first-order valence-corrected chi connectivity index (χ1v) is 12.7. The Morgan fingerprint density at radius 1 is 1.19 bits per heavy atom. The van der Waals surface area contributed by atoms with Gasteiger partial charge >= 0.3 is 6.09 Å². The van der Waals surface area contributed by atoms with E-state index >= 15 is 0 Å². The number of rotatable bonds is 8. The zero-order chi connectivity index (χ0) is 26.5. The third-order valence-electron chi connectivity index (χ3n) is 6.37. The van der Waals surface area contributed by atoms with Gasteiger partial charge in [-0.25, -0.2) is 18.6 Å². The first-order valence-electron chi connectivity index (χ1n) is 12.4. The standard InChI is InChI=1S/C27H29ClF2N4O3/c1-3-4-13-34(25(35)18-11-12-21(29)22(30)15-18)24-26(33-14-6-5-10-23(33)32-24)37-27(36)31-16-19-17(2)8-7-9-20(19)28/h7-9,11-12,15H,3-6,10,13-14,16H2,1-2H3,(H,31,36). The molecule has 1 aliphatic heterocycles. The molecule has 0 aliphatic carbocycles. The van der Waals surface area contributed by atoms with Crippen LogP contribution >= 0.6 is 11.6 Å². The number of amides is 2. The molecule has 4 rings (SSSR count). The fraction of sp³-hybridized carbons (Fsp3) is 0.370. The number of carbonyl (C=O) groups is 2. The van der Waals surface area contributed by atoms with Crippen LogP contribution in [0.5, 0.6) is 5.88 Å². The summed E-state index contributed by atoms with van der Waals surface area (Å²) < 4.78 is 35.0. The Balaban J connectivity index is 1.65. The topological polar surface area (TPSA) is 76.5 Å². The molecule has 7 nitrogen and oxygen atoms in total. The normalized spacial score (nSPS) is 12.7. The molecule has 0 fully saturated rings. The Morgan fingerprint density at radius 2 is 2.00 bits per heavy atom. The van der Waals surface area contributed by atoms with E-state index in [0.29, 0.717) is 30.2 Å². The molecule has 0 saturated heterocycles. The van der Waals surface area contributed by atoms with Gasteiger partial charge in [-0.2, -0.15) is 0 Å². The number of fused-ring (bicyclic) bond motifs is 1. The third-order valence-corrected chi connectivity index (χ3v) is 6.72. The number of aromatic nitrogens is 2. The number of benzene rings is 2. The number of imidazole rings is 1. The van der Waals surface area contributed by atoms with E-state index in [0.717, 1.165) is 42.5 Å². The van der Waals surface area contributed by atoms with Crippen LogP contribution in [0.2, 0.25) is 5.02 Å². The maximum absolute atomic E-state index is 13.9. The van der Waals surface area contributed by atoms with Crippen LogP contribution in [0, 0.1) is 18.6 Å². The number of carbonyl (C=O) groups excluding carboxylic acids is 2. The zero-order valence-corrected chi connectivity index (χ0v) is 21.6. The number of aryl methyl sites for hydroxylation is 2. The molecule has 0 saturated carbocycles. The molecule has 1 aliphatic rings. The molecule has 0 atom stereocenters. The molecule has 0 unspecified atom stereocenters. The van der Waals surface area contributed by atoms with Crippen LogP contribution in [-0.2, 0) is 19.5 Å². The summed E-state index contributed by atoms with van der Waals surface area (Å²) in [5, 5.41) is 3.26. The van der Waals surface area contributed by atoms with E-state index in [9.17, 15) is 18.4 Å². The van der Waals surface area contributed by atoms with Gasteiger partial charge in [-0.1, -0.05) is 37.1 Å². The summed E-state index contributed by atoms with van der Waals surface area (Å²) in [6.45, 7) is 4.88. The highest BCUT2D eigenvalue weighted by Crippen LogP contribution is 2.34. The number of hydrogen-bond donors (Lipinski definition) is 1. The molecule has 2 aromatic carbocycles. The van der Waals surface area contributed by atoms with Crippen LogP contribution in [0.15, 0.2) is 36.4 Å². The van der Waals surface area contributed by atoms with Crippen LogP contribution in [0.4, 0.5) is 19.4 Å². The number of hydrogen-bond acceptors (Lipinski definition) is 4. The first kappa shape index (κ1) is 26.6. The number of anilines is 1.